The summed E-state index contributed by atoms with van der Waals surface area (Å²) in [6.45, 7) is 7.07. The van der Waals surface area contributed by atoms with Crippen LogP contribution in [0.5, 0.6) is 0 Å². The molecule has 33 heavy (non-hydrogen) atoms. The van der Waals surface area contributed by atoms with E-state index in [1.807, 2.05) is 30.3 Å². The van der Waals surface area contributed by atoms with Crippen molar-refractivity contribution in [1.82, 2.24) is 14.5 Å². The maximum Gasteiger partial charge on any atom is 0.438 e. The number of alkyl halides is 3. The minimum absolute atomic E-state index is 0.0403. The molecule has 6 nitrogen and oxygen atoms in total. The van der Waals surface area contributed by atoms with Crippen LogP contribution in [-0.4, -0.2) is 46.5 Å². The van der Waals surface area contributed by atoms with E-state index in [2.05, 4.69) is 9.88 Å². The first kappa shape index (κ1) is 22.8. The summed E-state index contributed by atoms with van der Waals surface area (Å²) >= 11 is 0. The summed E-state index contributed by atoms with van der Waals surface area (Å²) in [6, 6.07) is 11.8. The van der Waals surface area contributed by atoms with E-state index in [1.54, 1.807) is 24.8 Å². The molecule has 174 valence electrons. The highest BCUT2D eigenvalue weighted by Gasteiger charge is 2.39. The minimum Gasteiger partial charge on any atom is -0.368 e. The van der Waals surface area contributed by atoms with Gasteiger partial charge in [0.15, 0.2) is 0 Å². The van der Waals surface area contributed by atoms with E-state index in [-0.39, 0.29) is 16.9 Å². The van der Waals surface area contributed by atoms with Crippen LogP contribution in [0.25, 0.3) is 11.0 Å². The zero-order chi connectivity index (χ0) is 23.9. The fraction of sp³-hybridized carbons (Fsp3) is 0.375. The van der Waals surface area contributed by atoms with Crippen molar-refractivity contribution >= 4 is 22.6 Å². The summed E-state index contributed by atoms with van der Waals surface area (Å²) in [7, 11) is 0. The number of carbonyl (C=O) groups is 1. The van der Waals surface area contributed by atoms with Gasteiger partial charge in [-0.25, -0.2) is 4.98 Å². The van der Waals surface area contributed by atoms with Gasteiger partial charge in [-0.05, 0) is 56.2 Å². The summed E-state index contributed by atoms with van der Waals surface area (Å²) in [5.41, 5.74) is 0.0552. The maximum absolute atomic E-state index is 13.6. The van der Waals surface area contributed by atoms with Gasteiger partial charge in [0.2, 0.25) is 11.6 Å². The zero-order valence-electron chi connectivity index (χ0n) is 18.7. The number of benzene rings is 2. The molecule has 1 atom stereocenters. The van der Waals surface area contributed by atoms with Crippen molar-refractivity contribution in [2.75, 3.05) is 31.1 Å². The highest BCUT2D eigenvalue weighted by Crippen LogP contribution is 2.29. The number of halogens is 3. The second-order valence-electron chi connectivity index (χ2n) is 8.38. The first-order valence-electron chi connectivity index (χ1n) is 10.8. The quantitative estimate of drug-likeness (QED) is 0.597. The molecule has 1 saturated heterocycles. The van der Waals surface area contributed by atoms with Gasteiger partial charge in [-0.15, -0.1) is 0 Å². The molecular formula is C24H25F3N4O2. The van der Waals surface area contributed by atoms with Crippen LogP contribution in [0, 0.1) is 13.8 Å². The molecule has 0 radical (unpaired) electrons. The molecule has 0 unspecified atom stereocenters. The SMILES string of the molecule is Cc1cc2nc(C(F)(F)F)c(=O)n([C@@H](C)C(=O)N3CCN(c4ccccc4)CC3)c2cc1C. The molecule has 1 aliphatic heterocycles. The van der Waals surface area contributed by atoms with Crippen molar-refractivity contribution in [3.63, 3.8) is 0 Å². The molecule has 9 heteroatoms. The van der Waals surface area contributed by atoms with Crippen LogP contribution in [0.15, 0.2) is 47.3 Å². The first-order valence-corrected chi connectivity index (χ1v) is 10.8. The number of rotatable bonds is 3. The van der Waals surface area contributed by atoms with Crippen LogP contribution < -0.4 is 10.5 Å². The molecule has 0 spiro atoms. The lowest BCUT2D eigenvalue weighted by atomic mass is 10.1. The van der Waals surface area contributed by atoms with Gasteiger partial charge in [-0.3, -0.25) is 14.2 Å². The Labute approximate surface area is 189 Å². The Balaban J connectivity index is 1.68. The van der Waals surface area contributed by atoms with E-state index in [1.165, 1.54) is 13.0 Å². The standard InChI is InChI=1S/C24H25F3N4O2/c1-15-13-19-20(14-16(15)2)31(23(33)21(28-19)24(25,26)27)17(3)22(32)30-11-9-29(10-12-30)18-7-5-4-6-8-18/h4-8,13-14,17H,9-12H2,1-3H3/t17-/m0/s1. The van der Waals surface area contributed by atoms with E-state index < -0.39 is 23.5 Å². The van der Waals surface area contributed by atoms with Gasteiger partial charge in [-0.1, -0.05) is 18.2 Å². The van der Waals surface area contributed by atoms with Crippen molar-refractivity contribution < 1.29 is 18.0 Å². The van der Waals surface area contributed by atoms with Crippen LogP contribution in [-0.2, 0) is 11.0 Å². The number of hydrogen-bond acceptors (Lipinski definition) is 4. The van der Waals surface area contributed by atoms with Gasteiger partial charge in [-0.2, -0.15) is 13.2 Å². The average Bonchev–Trinajstić information content (AvgIpc) is 2.79. The van der Waals surface area contributed by atoms with Crippen molar-refractivity contribution in [3.8, 4) is 0 Å². The number of anilines is 1. The molecule has 1 aromatic heterocycles. The lowest BCUT2D eigenvalue weighted by Gasteiger charge is -2.37. The molecule has 0 bridgehead atoms. The predicted molar refractivity (Wildman–Crippen MR) is 120 cm³/mol. The molecule has 1 fully saturated rings. The molecule has 2 heterocycles. The summed E-state index contributed by atoms with van der Waals surface area (Å²) in [4.78, 5) is 33.6. The highest BCUT2D eigenvalue weighted by molar-refractivity contribution is 5.84. The smallest absolute Gasteiger partial charge is 0.368 e. The fourth-order valence-corrected chi connectivity index (χ4v) is 4.23. The molecule has 2 aromatic carbocycles. The number of aromatic nitrogens is 2. The number of nitrogens with zero attached hydrogens (tertiary/aromatic N) is 4. The maximum atomic E-state index is 13.6. The minimum atomic E-state index is -4.92. The molecule has 1 aliphatic rings. The Kier molecular flexibility index (Phi) is 5.90. The lowest BCUT2D eigenvalue weighted by molar-refractivity contribution is -0.143. The van der Waals surface area contributed by atoms with Crippen LogP contribution in [0.3, 0.4) is 0 Å². The van der Waals surface area contributed by atoms with Crippen molar-refractivity contribution in [2.24, 2.45) is 0 Å². The largest absolute Gasteiger partial charge is 0.438 e. The fourth-order valence-electron chi connectivity index (χ4n) is 4.23. The van der Waals surface area contributed by atoms with Crippen molar-refractivity contribution in [2.45, 2.75) is 33.0 Å². The number of amides is 1. The van der Waals surface area contributed by atoms with Crippen LogP contribution in [0.1, 0.15) is 29.8 Å². The molecular weight excluding hydrogens is 433 g/mol. The van der Waals surface area contributed by atoms with Gasteiger partial charge in [0, 0.05) is 31.9 Å². The number of hydrogen-bond donors (Lipinski definition) is 0. The Bertz CT molecular complexity index is 1250. The van der Waals surface area contributed by atoms with E-state index in [4.69, 9.17) is 0 Å². The molecule has 4 rings (SSSR count). The third-order valence-electron chi connectivity index (χ3n) is 6.23. The highest BCUT2D eigenvalue weighted by atomic mass is 19.4. The van der Waals surface area contributed by atoms with E-state index >= 15 is 0 Å². The Morgan fingerprint density at radius 3 is 2.21 bits per heavy atom. The summed E-state index contributed by atoms with van der Waals surface area (Å²) in [5, 5.41) is 0. The number of piperazine rings is 1. The van der Waals surface area contributed by atoms with Gasteiger partial charge in [0.25, 0.3) is 5.56 Å². The van der Waals surface area contributed by atoms with Crippen LogP contribution in [0.2, 0.25) is 0 Å². The van der Waals surface area contributed by atoms with Gasteiger partial charge < -0.3 is 9.80 Å². The number of aryl methyl sites for hydroxylation is 2. The summed E-state index contributed by atoms with van der Waals surface area (Å²) in [6.07, 6.45) is -4.92. The van der Waals surface area contributed by atoms with E-state index in [0.717, 1.165) is 21.4 Å². The monoisotopic (exact) mass is 458 g/mol. The molecule has 0 N–H and O–H groups in total. The third kappa shape index (κ3) is 4.31. The molecule has 0 saturated carbocycles. The molecule has 1 amide bonds. The first-order chi connectivity index (χ1) is 15.6. The number of fused-ring (bicyclic) bond motifs is 1. The average molecular weight is 458 g/mol. The van der Waals surface area contributed by atoms with E-state index in [9.17, 15) is 22.8 Å². The zero-order valence-corrected chi connectivity index (χ0v) is 18.7. The number of para-hydroxylation sites is 1. The lowest BCUT2D eigenvalue weighted by Crippen LogP contribution is -2.51. The third-order valence-corrected chi connectivity index (χ3v) is 6.23. The van der Waals surface area contributed by atoms with Crippen LogP contribution in [0.4, 0.5) is 18.9 Å². The Morgan fingerprint density at radius 2 is 1.61 bits per heavy atom. The van der Waals surface area contributed by atoms with E-state index in [0.29, 0.717) is 26.2 Å². The molecule has 0 aliphatic carbocycles. The normalized spacial score (nSPS) is 15.7. The van der Waals surface area contributed by atoms with Gasteiger partial charge >= 0.3 is 6.18 Å². The predicted octanol–water partition coefficient (Wildman–Crippen LogP) is 3.94. The van der Waals surface area contributed by atoms with Gasteiger partial charge in [0.1, 0.15) is 6.04 Å². The van der Waals surface area contributed by atoms with Crippen molar-refractivity contribution in [3.05, 3.63) is 69.6 Å². The second-order valence-corrected chi connectivity index (χ2v) is 8.38. The topological polar surface area (TPSA) is 58.4 Å². The van der Waals surface area contributed by atoms with Gasteiger partial charge in [0.05, 0.1) is 11.0 Å². The summed E-state index contributed by atoms with van der Waals surface area (Å²) in [5.74, 6) is -0.385. The van der Waals surface area contributed by atoms with Crippen molar-refractivity contribution in [1.29, 1.82) is 0 Å². The molecule has 3 aromatic rings. The Hall–Kier alpha value is -3.36. The second kappa shape index (κ2) is 8.53. The van der Waals surface area contributed by atoms with Crippen LogP contribution >= 0.6 is 0 Å². The number of carbonyl (C=O) groups excluding carboxylic acids is 1. The summed E-state index contributed by atoms with van der Waals surface area (Å²) < 4.78 is 41.7. The Morgan fingerprint density at radius 1 is 1.00 bits per heavy atom.